The van der Waals surface area contributed by atoms with Crippen LogP contribution in [0.5, 0.6) is 0 Å². The highest BCUT2D eigenvalue weighted by molar-refractivity contribution is 5.92. The standard InChI is InChI=1S/C12H20FNO2/c1-8(2)11(13)12(16)14-5-4-10(7-15)6-9(14)3/h9-10,15H,4-7H2,1-3H3/t9-,10-/m0/s1. The van der Waals surface area contributed by atoms with Crippen LogP contribution < -0.4 is 0 Å². The van der Waals surface area contributed by atoms with Crippen LogP contribution in [-0.4, -0.2) is 35.1 Å². The van der Waals surface area contributed by atoms with Gasteiger partial charge >= 0.3 is 0 Å². The van der Waals surface area contributed by atoms with Crippen molar-refractivity contribution in [3.63, 3.8) is 0 Å². The molecule has 4 heteroatoms. The molecule has 0 unspecified atom stereocenters. The van der Waals surface area contributed by atoms with Crippen molar-refractivity contribution < 1.29 is 14.3 Å². The number of amides is 1. The molecule has 0 aromatic rings. The van der Waals surface area contributed by atoms with E-state index in [4.69, 9.17) is 5.11 Å². The third-order valence-electron chi connectivity index (χ3n) is 3.13. The molecule has 2 atom stereocenters. The van der Waals surface area contributed by atoms with E-state index in [1.807, 2.05) is 6.92 Å². The fourth-order valence-corrected chi connectivity index (χ4v) is 2.08. The Morgan fingerprint density at radius 2 is 2.12 bits per heavy atom. The SMILES string of the molecule is CC(C)=C(F)C(=O)N1CC[C@H](CO)C[C@@H]1C. The zero-order valence-electron chi connectivity index (χ0n) is 10.2. The van der Waals surface area contributed by atoms with Crippen LogP contribution in [0.1, 0.15) is 33.6 Å². The predicted molar refractivity (Wildman–Crippen MR) is 60.5 cm³/mol. The molecule has 0 saturated carbocycles. The minimum absolute atomic E-state index is 0.00324. The second-order valence-electron chi connectivity index (χ2n) is 4.73. The number of piperidine rings is 1. The van der Waals surface area contributed by atoms with Crippen LogP contribution in [0, 0.1) is 5.92 Å². The molecule has 0 radical (unpaired) electrons. The first-order valence-corrected chi connectivity index (χ1v) is 5.72. The Kier molecular flexibility index (Phi) is 4.47. The van der Waals surface area contributed by atoms with Crippen LogP contribution in [0.3, 0.4) is 0 Å². The molecule has 3 nitrogen and oxygen atoms in total. The molecule has 16 heavy (non-hydrogen) atoms. The average Bonchev–Trinajstić information content (AvgIpc) is 2.26. The van der Waals surface area contributed by atoms with E-state index in [0.29, 0.717) is 12.1 Å². The highest BCUT2D eigenvalue weighted by Gasteiger charge is 2.30. The van der Waals surface area contributed by atoms with Crippen molar-refractivity contribution >= 4 is 5.91 Å². The summed E-state index contributed by atoms with van der Waals surface area (Å²) in [5, 5.41) is 9.04. The summed E-state index contributed by atoms with van der Waals surface area (Å²) < 4.78 is 13.5. The normalized spacial score (nSPS) is 25.4. The van der Waals surface area contributed by atoms with Crippen LogP contribution >= 0.6 is 0 Å². The van der Waals surface area contributed by atoms with E-state index >= 15 is 0 Å². The lowest BCUT2D eigenvalue weighted by molar-refractivity contribution is -0.132. The number of carbonyl (C=O) groups excluding carboxylic acids is 1. The molecule has 1 rings (SSSR count). The highest BCUT2D eigenvalue weighted by Crippen LogP contribution is 2.24. The largest absolute Gasteiger partial charge is 0.396 e. The van der Waals surface area contributed by atoms with Gasteiger partial charge in [0.15, 0.2) is 5.83 Å². The third-order valence-corrected chi connectivity index (χ3v) is 3.13. The molecular weight excluding hydrogens is 209 g/mol. The van der Waals surface area contributed by atoms with Crippen molar-refractivity contribution in [1.29, 1.82) is 0 Å². The summed E-state index contributed by atoms with van der Waals surface area (Å²) in [6.07, 6.45) is 1.50. The number of hydrogen-bond acceptors (Lipinski definition) is 2. The molecule has 1 N–H and O–H groups in total. The topological polar surface area (TPSA) is 40.5 Å². The van der Waals surface area contributed by atoms with E-state index in [9.17, 15) is 9.18 Å². The Morgan fingerprint density at radius 1 is 1.50 bits per heavy atom. The molecule has 1 fully saturated rings. The van der Waals surface area contributed by atoms with E-state index in [-0.39, 0.29) is 18.6 Å². The fraction of sp³-hybridized carbons (Fsp3) is 0.750. The first-order valence-electron chi connectivity index (χ1n) is 5.72. The number of hydrogen-bond donors (Lipinski definition) is 1. The summed E-state index contributed by atoms with van der Waals surface area (Å²) >= 11 is 0. The van der Waals surface area contributed by atoms with E-state index in [1.54, 1.807) is 18.7 Å². The average molecular weight is 229 g/mol. The minimum atomic E-state index is -0.644. The molecule has 1 aliphatic heterocycles. The van der Waals surface area contributed by atoms with Gasteiger partial charge < -0.3 is 10.0 Å². The Labute approximate surface area is 95.9 Å². The molecule has 92 valence electrons. The molecule has 1 amide bonds. The number of carbonyl (C=O) groups is 1. The van der Waals surface area contributed by atoms with Crippen molar-refractivity contribution in [3.8, 4) is 0 Å². The molecule has 0 aromatic heterocycles. The monoisotopic (exact) mass is 229 g/mol. The summed E-state index contributed by atoms with van der Waals surface area (Å²) in [7, 11) is 0. The summed E-state index contributed by atoms with van der Waals surface area (Å²) in [4.78, 5) is 13.3. The van der Waals surface area contributed by atoms with Crippen molar-refractivity contribution in [1.82, 2.24) is 4.90 Å². The van der Waals surface area contributed by atoms with Crippen molar-refractivity contribution in [3.05, 3.63) is 11.4 Å². The molecular formula is C12H20FNO2. The lowest BCUT2D eigenvalue weighted by atomic mass is 9.92. The summed E-state index contributed by atoms with van der Waals surface area (Å²) in [5.41, 5.74) is 0.418. The van der Waals surface area contributed by atoms with E-state index in [0.717, 1.165) is 12.8 Å². The van der Waals surface area contributed by atoms with Gasteiger partial charge in [0.25, 0.3) is 5.91 Å². The van der Waals surface area contributed by atoms with Gasteiger partial charge in [-0.15, -0.1) is 0 Å². The van der Waals surface area contributed by atoms with Crippen molar-refractivity contribution in [2.24, 2.45) is 5.92 Å². The van der Waals surface area contributed by atoms with Gasteiger partial charge in [0.05, 0.1) is 0 Å². The number of aliphatic hydroxyl groups is 1. The van der Waals surface area contributed by atoms with Crippen LogP contribution in [0.25, 0.3) is 0 Å². The molecule has 0 aromatic carbocycles. The van der Waals surface area contributed by atoms with Gasteiger partial charge in [-0.2, -0.15) is 0 Å². The fourth-order valence-electron chi connectivity index (χ4n) is 2.08. The van der Waals surface area contributed by atoms with Crippen LogP contribution in [-0.2, 0) is 4.79 Å². The van der Waals surface area contributed by atoms with Crippen LogP contribution in [0.4, 0.5) is 4.39 Å². The molecule has 1 aliphatic rings. The van der Waals surface area contributed by atoms with Gasteiger partial charge in [0.1, 0.15) is 0 Å². The number of halogens is 1. The van der Waals surface area contributed by atoms with Gasteiger partial charge in [0.2, 0.25) is 0 Å². The lowest BCUT2D eigenvalue weighted by Crippen LogP contribution is -2.45. The quantitative estimate of drug-likeness (QED) is 0.734. The molecule has 0 aliphatic carbocycles. The van der Waals surface area contributed by atoms with Gasteiger partial charge in [-0.25, -0.2) is 4.39 Å². The molecule has 1 heterocycles. The number of allylic oxidation sites excluding steroid dienone is 1. The van der Waals surface area contributed by atoms with Gasteiger partial charge in [-0.3, -0.25) is 4.79 Å². The minimum Gasteiger partial charge on any atom is -0.396 e. The summed E-state index contributed by atoms with van der Waals surface area (Å²) in [6, 6.07) is 0.00324. The number of likely N-dealkylation sites (tertiary alicyclic amines) is 1. The predicted octanol–water partition coefficient (Wildman–Crippen LogP) is 1.87. The molecule has 0 spiro atoms. The second-order valence-corrected chi connectivity index (χ2v) is 4.73. The number of rotatable bonds is 2. The smallest absolute Gasteiger partial charge is 0.282 e. The van der Waals surface area contributed by atoms with Crippen LogP contribution in [0.15, 0.2) is 11.4 Å². The van der Waals surface area contributed by atoms with E-state index in [1.165, 1.54) is 0 Å². The molecule has 0 bridgehead atoms. The highest BCUT2D eigenvalue weighted by atomic mass is 19.1. The molecule has 1 saturated heterocycles. The van der Waals surface area contributed by atoms with Crippen LogP contribution in [0.2, 0.25) is 0 Å². The Balaban J connectivity index is 2.69. The maximum atomic E-state index is 13.5. The van der Waals surface area contributed by atoms with Gasteiger partial charge in [-0.05, 0) is 45.1 Å². The summed E-state index contributed by atoms with van der Waals surface area (Å²) in [6.45, 7) is 5.78. The van der Waals surface area contributed by atoms with Gasteiger partial charge in [0, 0.05) is 19.2 Å². The Hall–Kier alpha value is -0.900. The number of nitrogens with zero attached hydrogens (tertiary/aromatic N) is 1. The van der Waals surface area contributed by atoms with Crippen molar-refractivity contribution in [2.75, 3.05) is 13.2 Å². The zero-order chi connectivity index (χ0) is 12.3. The maximum absolute atomic E-state index is 13.5. The Morgan fingerprint density at radius 3 is 2.56 bits per heavy atom. The second kappa shape index (κ2) is 5.43. The van der Waals surface area contributed by atoms with Gasteiger partial charge in [-0.1, -0.05) is 0 Å². The first kappa shape index (κ1) is 13.2. The van der Waals surface area contributed by atoms with E-state index in [2.05, 4.69) is 0 Å². The lowest BCUT2D eigenvalue weighted by Gasteiger charge is -2.36. The van der Waals surface area contributed by atoms with E-state index < -0.39 is 11.7 Å². The zero-order valence-corrected chi connectivity index (χ0v) is 10.2. The first-order chi connectivity index (χ1) is 7.47. The third kappa shape index (κ3) is 2.82. The number of aliphatic hydroxyl groups excluding tert-OH is 1. The maximum Gasteiger partial charge on any atom is 0.282 e. The Bertz CT molecular complexity index is 297. The van der Waals surface area contributed by atoms with Crippen molar-refractivity contribution in [2.45, 2.75) is 39.7 Å². The summed E-state index contributed by atoms with van der Waals surface area (Å²) in [5.74, 6) is -0.910.